The van der Waals surface area contributed by atoms with E-state index in [1.54, 1.807) is 0 Å². The fourth-order valence-electron chi connectivity index (χ4n) is 3.87. The first-order valence-corrected chi connectivity index (χ1v) is 11.4. The fraction of sp³-hybridized carbons (Fsp3) is 0.583. The molecule has 1 N–H and O–H groups in total. The average Bonchev–Trinajstić information content (AvgIpc) is 3.15. The summed E-state index contributed by atoms with van der Waals surface area (Å²) in [6, 6.07) is 9.69. The molecule has 0 radical (unpaired) electrons. The number of benzene rings is 1. The van der Waals surface area contributed by atoms with Crippen molar-refractivity contribution < 1.29 is 13.9 Å². The molecule has 0 bridgehead atoms. The number of alkyl halides is 1. The van der Waals surface area contributed by atoms with Gasteiger partial charge < -0.3 is 19.9 Å². The van der Waals surface area contributed by atoms with E-state index < -0.39 is 6.80 Å². The predicted molar refractivity (Wildman–Crippen MR) is 123 cm³/mol. The number of rotatable bonds is 9. The summed E-state index contributed by atoms with van der Waals surface area (Å²) >= 11 is 0. The molecule has 8 heteroatoms. The molecular weight excluding hydrogens is 409 g/mol. The molecular formula is C24H36FN5O2. The van der Waals surface area contributed by atoms with E-state index in [-0.39, 0.29) is 12.1 Å². The largest absolute Gasteiger partial charge is 0.493 e. The maximum absolute atomic E-state index is 13.2. The number of amides is 2. The van der Waals surface area contributed by atoms with Crippen molar-refractivity contribution in [3.8, 4) is 5.75 Å². The Labute approximate surface area is 190 Å². The highest BCUT2D eigenvalue weighted by molar-refractivity contribution is 5.74. The van der Waals surface area contributed by atoms with Gasteiger partial charge in [-0.3, -0.25) is 0 Å². The number of halogens is 1. The van der Waals surface area contributed by atoms with Crippen LogP contribution in [-0.4, -0.2) is 58.4 Å². The topological polar surface area (TPSA) is 62.6 Å². The van der Waals surface area contributed by atoms with Gasteiger partial charge in [0.1, 0.15) is 5.75 Å². The van der Waals surface area contributed by atoms with Gasteiger partial charge in [0.25, 0.3) is 0 Å². The summed E-state index contributed by atoms with van der Waals surface area (Å²) < 4.78 is 20.2. The lowest BCUT2D eigenvalue weighted by molar-refractivity contribution is 0.126. The number of carbonyl (C=O) groups is 1. The number of nitrogens with zero attached hydrogens (tertiary/aromatic N) is 4. The van der Waals surface area contributed by atoms with Gasteiger partial charge in [0.15, 0.2) is 6.80 Å². The van der Waals surface area contributed by atoms with Crippen LogP contribution in [0.4, 0.5) is 9.18 Å². The molecule has 7 nitrogen and oxygen atoms in total. The van der Waals surface area contributed by atoms with Gasteiger partial charge in [-0.2, -0.15) is 5.10 Å². The first-order chi connectivity index (χ1) is 15.4. The summed E-state index contributed by atoms with van der Waals surface area (Å²) in [5.74, 6) is 1.31. The van der Waals surface area contributed by atoms with Crippen molar-refractivity contribution >= 4 is 6.03 Å². The predicted octanol–water partition coefficient (Wildman–Crippen LogP) is 3.96. The Bertz CT molecular complexity index is 860. The van der Waals surface area contributed by atoms with Gasteiger partial charge in [-0.1, -0.05) is 26.0 Å². The highest BCUT2D eigenvalue weighted by Gasteiger charge is 2.28. The zero-order valence-electron chi connectivity index (χ0n) is 19.7. The maximum atomic E-state index is 13.2. The second kappa shape index (κ2) is 11.3. The minimum atomic E-state index is -0.664. The molecule has 176 valence electrons. The van der Waals surface area contributed by atoms with Gasteiger partial charge in [0.2, 0.25) is 0 Å². The van der Waals surface area contributed by atoms with Crippen LogP contribution in [0.3, 0.4) is 0 Å². The third-order valence-electron chi connectivity index (χ3n) is 5.82. The van der Waals surface area contributed by atoms with Crippen LogP contribution < -0.4 is 10.1 Å². The van der Waals surface area contributed by atoms with E-state index in [0.29, 0.717) is 31.3 Å². The van der Waals surface area contributed by atoms with E-state index in [0.717, 1.165) is 42.9 Å². The van der Waals surface area contributed by atoms with Crippen LogP contribution in [0.25, 0.3) is 0 Å². The number of urea groups is 1. The van der Waals surface area contributed by atoms with Crippen molar-refractivity contribution in [2.75, 3.05) is 26.7 Å². The van der Waals surface area contributed by atoms with Gasteiger partial charge in [-0.15, -0.1) is 0 Å². The number of carbonyl (C=O) groups excluding carboxylic acids is 1. The van der Waals surface area contributed by atoms with E-state index in [9.17, 15) is 9.18 Å². The lowest BCUT2D eigenvalue weighted by atomic mass is 10.0. The molecule has 0 spiro atoms. The van der Waals surface area contributed by atoms with E-state index in [1.807, 2.05) is 42.2 Å². The Morgan fingerprint density at radius 3 is 2.56 bits per heavy atom. The Hall–Kier alpha value is -2.61. The summed E-state index contributed by atoms with van der Waals surface area (Å²) in [6.45, 7) is 8.77. The van der Waals surface area contributed by atoms with Gasteiger partial charge in [0.05, 0.1) is 18.8 Å². The van der Waals surface area contributed by atoms with Crippen molar-refractivity contribution in [1.29, 1.82) is 0 Å². The minimum Gasteiger partial charge on any atom is -0.493 e. The third-order valence-corrected chi connectivity index (χ3v) is 5.82. The van der Waals surface area contributed by atoms with E-state index >= 15 is 0 Å². The third kappa shape index (κ3) is 6.69. The second-order valence-electron chi connectivity index (χ2n) is 9.07. The molecule has 1 aliphatic heterocycles. The van der Waals surface area contributed by atoms with Gasteiger partial charge in [0, 0.05) is 18.3 Å². The van der Waals surface area contributed by atoms with Gasteiger partial charge >= 0.3 is 6.03 Å². The number of nitrogens with one attached hydrogen (secondary N) is 1. The number of likely N-dealkylation sites (tertiary alicyclic amines) is 1. The van der Waals surface area contributed by atoms with Crippen molar-refractivity contribution in [1.82, 2.24) is 24.9 Å². The van der Waals surface area contributed by atoms with Gasteiger partial charge in [-0.05, 0) is 69.6 Å². The van der Waals surface area contributed by atoms with Crippen molar-refractivity contribution in [2.45, 2.75) is 59.5 Å². The molecule has 1 fully saturated rings. The lowest BCUT2D eigenvalue weighted by Gasteiger charge is -2.37. The quantitative estimate of drug-likeness (QED) is 0.635. The van der Waals surface area contributed by atoms with Crippen molar-refractivity contribution in [3.63, 3.8) is 0 Å². The molecule has 0 atom stereocenters. The molecule has 1 aromatic carbocycles. The summed E-state index contributed by atoms with van der Waals surface area (Å²) in [4.78, 5) is 17.3. The molecule has 3 rings (SSSR count). The standard InChI is InChI=1S/C24H36FN5O2/c1-18(2)16-32-23-7-5-20(6-8-23)14-26-24(31)29(22-9-11-28(4)12-10-22)15-21-13-19(3)30(17-25)27-21/h5-8,13,18,22H,9-12,14-17H2,1-4H3,(H,26,31). The number of aromatic nitrogens is 2. The summed E-state index contributed by atoms with van der Waals surface area (Å²) in [7, 11) is 2.10. The molecule has 2 aromatic rings. The zero-order valence-corrected chi connectivity index (χ0v) is 19.7. The molecule has 2 heterocycles. The molecule has 32 heavy (non-hydrogen) atoms. The summed E-state index contributed by atoms with van der Waals surface area (Å²) in [6.07, 6.45) is 1.82. The number of hydrogen-bond acceptors (Lipinski definition) is 4. The lowest BCUT2D eigenvalue weighted by Crippen LogP contribution is -2.49. The smallest absolute Gasteiger partial charge is 0.318 e. The Morgan fingerprint density at radius 1 is 1.28 bits per heavy atom. The SMILES string of the molecule is Cc1cc(CN(C(=O)NCc2ccc(OCC(C)C)cc2)C2CCN(C)CC2)nn1CF. The fourth-order valence-corrected chi connectivity index (χ4v) is 3.87. The number of piperidine rings is 1. The minimum absolute atomic E-state index is 0.118. The van der Waals surface area contributed by atoms with Crippen LogP contribution in [0, 0.1) is 12.8 Å². The Kier molecular flexibility index (Phi) is 8.50. The summed E-state index contributed by atoms with van der Waals surface area (Å²) in [5, 5.41) is 7.37. The highest BCUT2D eigenvalue weighted by atomic mass is 19.1. The van der Waals surface area contributed by atoms with Crippen LogP contribution in [0.1, 0.15) is 43.6 Å². The molecule has 0 saturated carbocycles. The molecule has 1 saturated heterocycles. The Balaban J connectivity index is 1.63. The van der Waals surface area contributed by atoms with Crippen molar-refractivity contribution in [3.05, 3.63) is 47.3 Å². The number of hydrogen-bond donors (Lipinski definition) is 1. The van der Waals surface area contributed by atoms with E-state index in [1.165, 1.54) is 4.68 Å². The zero-order chi connectivity index (χ0) is 23.1. The van der Waals surface area contributed by atoms with Crippen LogP contribution in [0.5, 0.6) is 5.75 Å². The highest BCUT2D eigenvalue weighted by Crippen LogP contribution is 2.19. The first-order valence-electron chi connectivity index (χ1n) is 11.4. The molecule has 1 aliphatic rings. The van der Waals surface area contributed by atoms with Crippen molar-refractivity contribution in [2.24, 2.45) is 5.92 Å². The van der Waals surface area contributed by atoms with Crippen LogP contribution >= 0.6 is 0 Å². The first kappa shape index (κ1) is 24.0. The normalized spacial score (nSPS) is 15.2. The van der Waals surface area contributed by atoms with Crippen LogP contribution in [0.15, 0.2) is 30.3 Å². The number of ether oxygens (including phenoxy) is 1. The van der Waals surface area contributed by atoms with Gasteiger partial charge in [-0.25, -0.2) is 13.9 Å². The van der Waals surface area contributed by atoms with Crippen LogP contribution in [-0.2, 0) is 19.9 Å². The van der Waals surface area contributed by atoms with Crippen LogP contribution in [0.2, 0.25) is 0 Å². The summed E-state index contributed by atoms with van der Waals surface area (Å²) in [5.41, 5.74) is 2.48. The molecule has 0 unspecified atom stereocenters. The molecule has 2 amide bonds. The molecule has 0 aliphatic carbocycles. The van der Waals surface area contributed by atoms with E-state index in [4.69, 9.17) is 4.74 Å². The van der Waals surface area contributed by atoms with E-state index in [2.05, 4.69) is 36.2 Å². The average molecular weight is 446 g/mol. The Morgan fingerprint density at radius 2 is 1.97 bits per heavy atom. The maximum Gasteiger partial charge on any atom is 0.318 e. The number of aryl methyl sites for hydroxylation is 1. The monoisotopic (exact) mass is 445 g/mol. The molecule has 1 aromatic heterocycles. The second-order valence-corrected chi connectivity index (χ2v) is 9.07.